The summed E-state index contributed by atoms with van der Waals surface area (Å²) < 4.78 is 12.5. The molecule has 0 aliphatic heterocycles. The number of esters is 1. The van der Waals surface area contributed by atoms with E-state index in [2.05, 4.69) is 75.6 Å². The summed E-state index contributed by atoms with van der Waals surface area (Å²) in [5.41, 5.74) is 5.65. The highest BCUT2D eigenvalue weighted by molar-refractivity contribution is 5.95. The van der Waals surface area contributed by atoms with E-state index in [9.17, 15) is 14.4 Å². The van der Waals surface area contributed by atoms with Crippen LogP contribution in [0.4, 0.5) is 5.69 Å². The van der Waals surface area contributed by atoms with E-state index in [-0.39, 0.29) is 42.8 Å². The lowest BCUT2D eigenvalue weighted by molar-refractivity contribution is -0.148. The molecule has 2 aromatic carbocycles. The standard InChI is InChI=1S/C39H50N4O5/c1-4-38(45)48-25-37(44)41-33-15-12-29(13-16-33)39(46)42(35-7-5-6-30(21-35)32-22-40-43(24-32)34-17-18-34)23-27-8-10-28(11-9-27)31-14-19-36(47-3)26(2)20-31/h5-7,14,19-22,24,27-29,33-34H,4,8-13,15-18,23,25H2,1-3H3,(H,41,44). The normalized spacial score (nSPS) is 22.5. The molecule has 3 aliphatic carbocycles. The number of anilines is 1. The number of hydrogen-bond acceptors (Lipinski definition) is 6. The number of nitrogens with one attached hydrogen (secondary N) is 1. The molecule has 1 aromatic heterocycles. The van der Waals surface area contributed by atoms with Gasteiger partial charge in [-0.2, -0.15) is 5.10 Å². The van der Waals surface area contributed by atoms with Gasteiger partial charge >= 0.3 is 5.97 Å². The van der Waals surface area contributed by atoms with E-state index in [1.54, 1.807) is 14.0 Å². The molecule has 48 heavy (non-hydrogen) atoms. The fourth-order valence-corrected chi connectivity index (χ4v) is 7.52. The zero-order chi connectivity index (χ0) is 33.6. The molecule has 0 saturated heterocycles. The number of carbonyl (C=O) groups excluding carboxylic acids is 3. The van der Waals surface area contributed by atoms with Gasteiger partial charge in [0.25, 0.3) is 5.91 Å². The van der Waals surface area contributed by atoms with Crippen molar-refractivity contribution in [2.75, 3.05) is 25.2 Å². The van der Waals surface area contributed by atoms with Crippen molar-refractivity contribution < 1.29 is 23.9 Å². The van der Waals surface area contributed by atoms with E-state index in [4.69, 9.17) is 9.47 Å². The summed E-state index contributed by atoms with van der Waals surface area (Å²) in [6.45, 7) is 4.26. The number of ether oxygens (including phenoxy) is 2. The average molecular weight is 655 g/mol. The predicted octanol–water partition coefficient (Wildman–Crippen LogP) is 7.14. The van der Waals surface area contributed by atoms with Gasteiger partial charge in [0.15, 0.2) is 6.61 Å². The first-order valence-electron chi connectivity index (χ1n) is 17.9. The Morgan fingerprint density at radius 2 is 1.71 bits per heavy atom. The number of aromatic nitrogens is 2. The molecular weight excluding hydrogens is 604 g/mol. The minimum Gasteiger partial charge on any atom is -0.496 e. The Labute approximate surface area is 284 Å². The number of rotatable bonds is 12. The number of nitrogens with zero attached hydrogens (tertiary/aromatic N) is 3. The molecule has 0 unspecified atom stereocenters. The van der Waals surface area contributed by atoms with Crippen LogP contribution < -0.4 is 15.0 Å². The van der Waals surface area contributed by atoms with Crippen LogP contribution in [0.2, 0.25) is 0 Å². The van der Waals surface area contributed by atoms with Gasteiger partial charge in [-0.15, -0.1) is 0 Å². The lowest BCUT2D eigenvalue weighted by Crippen LogP contribution is -2.44. The van der Waals surface area contributed by atoms with Crippen molar-refractivity contribution in [2.24, 2.45) is 11.8 Å². The zero-order valence-corrected chi connectivity index (χ0v) is 28.7. The van der Waals surface area contributed by atoms with E-state index >= 15 is 0 Å². The number of aryl methyl sites for hydroxylation is 1. The molecule has 2 amide bonds. The second kappa shape index (κ2) is 15.4. The molecule has 3 saturated carbocycles. The first kappa shape index (κ1) is 33.7. The fourth-order valence-electron chi connectivity index (χ4n) is 7.52. The zero-order valence-electron chi connectivity index (χ0n) is 28.7. The second-order valence-corrected chi connectivity index (χ2v) is 14.0. The summed E-state index contributed by atoms with van der Waals surface area (Å²) in [6.07, 6.45) is 13.9. The Hall–Kier alpha value is -4.14. The summed E-state index contributed by atoms with van der Waals surface area (Å²) >= 11 is 0. The van der Waals surface area contributed by atoms with Gasteiger partial charge in [-0.3, -0.25) is 19.1 Å². The Balaban J connectivity index is 1.13. The van der Waals surface area contributed by atoms with Crippen molar-refractivity contribution in [1.82, 2.24) is 15.1 Å². The van der Waals surface area contributed by atoms with Gasteiger partial charge in [0.1, 0.15) is 5.75 Å². The van der Waals surface area contributed by atoms with Crippen LogP contribution in [0, 0.1) is 18.8 Å². The van der Waals surface area contributed by atoms with Crippen LogP contribution in [0.3, 0.4) is 0 Å². The van der Waals surface area contributed by atoms with Crippen LogP contribution in [0.25, 0.3) is 11.1 Å². The number of carbonyl (C=O) groups is 3. The topological polar surface area (TPSA) is 103 Å². The smallest absolute Gasteiger partial charge is 0.306 e. The first-order valence-corrected chi connectivity index (χ1v) is 17.9. The van der Waals surface area contributed by atoms with Crippen LogP contribution >= 0.6 is 0 Å². The molecular formula is C39H50N4O5. The minimum absolute atomic E-state index is 0.0153. The van der Waals surface area contributed by atoms with Gasteiger partial charge < -0.3 is 19.7 Å². The summed E-state index contributed by atoms with van der Waals surface area (Å²) in [6, 6.07) is 15.5. The predicted molar refractivity (Wildman–Crippen MR) is 186 cm³/mol. The van der Waals surface area contributed by atoms with Crippen LogP contribution in [0.5, 0.6) is 5.75 Å². The number of hydrogen-bond donors (Lipinski definition) is 1. The molecule has 9 heteroatoms. The summed E-state index contributed by atoms with van der Waals surface area (Å²) in [5, 5.41) is 7.60. The summed E-state index contributed by atoms with van der Waals surface area (Å²) in [7, 11) is 1.72. The van der Waals surface area contributed by atoms with Gasteiger partial charge in [0.2, 0.25) is 5.91 Å². The number of benzene rings is 2. The molecule has 6 rings (SSSR count). The van der Waals surface area contributed by atoms with Crippen molar-refractivity contribution in [3.8, 4) is 16.9 Å². The molecule has 3 aliphatic rings. The van der Waals surface area contributed by atoms with E-state index in [1.807, 2.05) is 6.20 Å². The van der Waals surface area contributed by atoms with Gasteiger partial charge in [0, 0.05) is 42.4 Å². The van der Waals surface area contributed by atoms with Gasteiger partial charge in [-0.1, -0.05) is 31.2 Å². The lowest BCUT2D eigenvalue weighted by Gasteiger charge is -2.36. The van der Waals surface area contributed by atoms with Gasteiger partial charge in [-0.25, -0.2) is 0 Å². The maximum atomic E-state index is 14.4. The SMILES string of the molecule is CCC(=O)OCC(=O)NC1CCC(C(=O)N(CC2CCC(c3ccc(OC)c(C)c3)CC2)c2cccc(-c3cnn(C4CC4)c3)c2)CC1. The van der Waals surface area contributed by atoms with E-state index in [0.29, 0.717) is 37.3 Å². The van der Waals surface area contributed by atoms with Crippen LogP contribution in [-0.2, 0) is 19.1 Å². The lowest BCUT2D eigenvalue weighted by atomic mass is 9.78. The molecule has 3 aromatic rings. The van der Waals surface area contributed by atoms with E-state index < -0.39 is 0 Å². The molecule has 0 spiro atoms. The molecule has 256 valence electrons. The molecule has 0 bridgehead atoms. The van der Waals surface area contributed by atoms with Crippen molar-refractivity contribution in [3.63, 3.8) is 0 Å². The van der Waals surface area contributed by atoms with Crippen LogP contribution in [-0.4, -0.2) is 53.9 Å². The van der Waals surface area contributed by atoms with Crippen molar-refractivity contribution >= 4 is 23.5 Å². The maximum absolute atomic E-state index is 14.4. The third kappa shape index (κ3) is 8.28. The summed E-state index contributed by atoms with van der Waals surface area (Å²) in [5.74, 6) is 1.29. The van der Waals surface area contributed by atoms with Crippen molar-refractivity contribution in [1.29, 1.82) is 0 Å². The highest BCUT2D eigenvalue weighted by Gasteiger charge is 2.33. The molecule has 1 N–H and O–H groups in total. The Morgan fingerprint density at radius 3 is 2.40 bits per heavy atom. The number of amides is 2. The molecule has 9 nitrogen and oxygen atoms in total. The minimum atomic E-state index is -0.385. The Morgan fingerprint density at radius 1 is 0.938 bits per heavy atom. The third-order valence-corrected chi connectivity index (χ3v) is 10.6. The summed E-state index contributed by atoms with van der Waals surface area (Å²) in [4.78, 5) is 40.2. The largest absolute Gasteiger partial charge is 0.496 e. The second-order valence-electron chi connectivity index (χ2n) is 14.0. The van der Waals surface area contributed by atoms with Gasteiger partial charge in [0.05, 0.1) is 19.3 Å². The molecule has 1 heterocycles. The van der Waals surface area contributed by atoms with Crippen molar-refractivity contribution in [2.45, 2.75) is 102 Å². The quantitative estimate of drug-likeness (QED) is 0.208. The number of methoxy groups -OCH3 is 1. The molecule has 0 atom stereocenters. The van der Waals surface area contributed by atoms with E-state index in [1.165, 1.54) is 24.0 Å². The highest BCUT2D eigenvalue weighted by Crippen LogP contribution is 2.39. The first-order chi connectivity index (χ1) is 23.3. The average Bonchev–Trinajstić information content (AvgIpc) is 3.85. The fraction of sp³-hybridized carbons (Fsp3) is 0.538. The van der Waals surface area contributed by atoms with E-state index in [0.717, 1.165) is 61.1 Å². The Kier molecular flexibility index (Phi) is 10.8. The van der Waals surface area contributed by atoms with Gasteiger partial charge in [-0.05, 0) is 118 Å². The monoisotopic (exact) mass is 654 g/mol. The molecule has 0 radical (unpaired) electrons. The molecule has 3 fully saturated rings. The van der Waals surface area contributed by atoms with Crippen LogP contribution in [0.15, 0.2) is 54.9 Å². The highest BCUT2D eigenvalue weighted by atomic mass is 16.5. The van der Waals surface area contributed by atoms with Crippen LogP contribution in [0.1, 0.15) is 101 Å². The Bertz CT molecular complexity index is 1580. The third-order valence-electron chi connectivity index (χ3n) is 10.6. The maximum Gasteiger partial charge on any atom is 0.306 e. The van der Waals surface area contributed by atoms with Crippen molar-refractivity contribution in [3.05, 3.63) is 66.0 Å².